The van der Waals surface area contributed by atoms with Gasteiger partial charge in [0.15, 0.2) is 0 Å². The van der Waals surface area contributed by atoms with Crippen LogP contribution in [-0.4, -0.2) is 20.4 Å². The van der Waals surface area contributed by atoms with E-state index < -0.39 is 23.0 Å². The lowest BCUT2D eigenvalue weighted by atomic mass is 10.1. The van der Waals surface area contributed by atoms with Gasteiger partial charge >= 0.3 is 11.9 Å². The Morgan fingerprint density at radius 3 is 2.42 bits per heavy atom. The average molecular weight is 426 g/mol. The molecule has 0 atom stereocenters. The Morgan fingerprint density at radius 2 is 1.68 bits per heavy atom. The molecule has 2 heterocycles. The van der Waals surface area contributed by atoms with Gasteiger partial charge in [0, 0.05) is 17.0 Å². The predicted octanol–water partition coefficient (Wildman–Crippen LogP) is 4.00. The SMILES string of the molecule is Cc1cc(C=Nn2c(=O)[nH]c3ccccc3c2=O)c(C)n1-c1ccccc1C(F)(F)F. The van der Waals surface area contributed by atoms with Crippen LogP contribution in [0.3, 0.4) is 0 Å². The quantitative estimate of drug-likeness (QED) is 0.503. The van der Waals surface area contributed by atoms with Crippen LogP contribution in [0.1, 0.15) is 22.5 Å². The van der Waals surface area contributed by atoms with E-state index in [9.17, 15) is 22.8 Å². The number of aryl methyl sites for hydroxylation is 1. The molecule has 4 rings (SSSR count). The van der Waals surface area contributed by atoms with Gasteiger partial charge in [-0.3, -0.25) is 4.79 Å². The van der Waals surface area contributed by atoms with Crippen molar-refractivity contribution in [2.75, 3.05) is 0 Å². The number of hydrogen-bond donors (Lipinski definition) is 1. The van der Waals surface area contributed by atoms with Crippen LogP contribution in [-0.2, 0) is 6.18 Å². The minimum absolute atomic E-state index is 0.00892. The van der Waals surface area contributed by atoms with Crippen molar-refractivity contribution in [1.29, 1.82) is 0 Å². The monoisotopic (exact) mass is 426 g/mol. The first-order valence-electron chi connectivity index (χ1n) is 9.32. The molecule has 0 spiro atoms. The molecule has 0 saturated heterocycles. The largest absolute Gasteiger partial charge is 0.418 e. The summed E-state index contributed by atoms with van der Waals surface area (Å²) in [4.78, 5) is 27.5. The molecule has 0 radical (unpaired) electrons. The summed E-state index contributed by atoms with van der Waals surface area (Å²) in [6, 6.07) is 13.5. The third-order valence-electron chi connectivity index (χ3n) is 5.02. The molecule has 31 heavy (non-hydrogen) atoms. The lowest BCUT2D eigenvalue weighted by Gasteiger charge is -2.16. The Labute approximate surface area is 173 Å². The van der Waals surface area contributed by atoms with Crippen molar-refractivity contribution in [2.24, 2.45) is 5.10 Å². The fourth-order valence-electron chi connectivity index (χ4n) is 3.58. The van der Waals surface area contributed by atoms with E-state index in [1.165, 1.54) is 29.0 Å². The average Bonchev–Trinajstić information content (AvgIpc) is 3.00. The van der Waals surface area contributed by atoms with Crippen molar-refractivity contribution in [1.82, 2.24) is 14.2 Å². The van der Waals surface area contributed by atoms with Gasteiger partial charge in [-0.1, -0.05) is 24.3 Å². The summed E-state index contributed by atoms with van der Waals surface area (Å²) >= 11 is 0. The van der Waals surface area contributed by atoms with Crippen LogP contribution in [0.4, 0.5) is 13.2 Å². The van der Waals surface area contributed by atoms with Crippen LogP contribution in [0.15, 0.2) is 69.3 Å². The number of rotatable bonds is 3. The molecule has 6 nitrogen and oxygen atoms in total. The number of halogens is 3. The molecule has 0 aliphatic rings. The second-order valence-electron chi connectivity index (χ2n) is 7.01. The van der Waals surface area contributed by atoms with Gasteiger partial charge in [-0.2, -0.15) is 18.3 Å². The fourth-order valence-corrected chi connectivity index (χ4v) is 3.58. The van der Waals surface area contributed by atoms with E-state index in [0.29, 0.717) is 32.5 Å². The van der Waals surface area contributed by atoms with Gasteiger partial charge < -0.3 is 9.55 Å². The second kappa shape index (κ2) is 7.42. The van der Waals surface area contributed by atoms with E-state index in [1.54, 1.807) is 44.2 Å². The first-order chi connectivity index (χ1) is 14.7. The van der Waals surface area contributed by atoms with Gasteiger partial charge in [0.1, 0.15) is 0 Å². The number of nitrogens with one attached hydrogen (secondary N) is 1. The molecule has 0 aliphatic heterocycles. The molecule has 0 unspecified atom stereocenters. The number of aromatic nitrogens is 3. The van der Waals surface area contributed by atoms with Crippen molar-refractivity contribution >= 4 is 17.1 Å². The topological polar surface area (TPSA) is 72.2 Å². The maximum Gasteiger partial charge on any atom is 0.418 e. The molecule has 0 amide bonds. The molecule has 0 aliphatic carbocycles. The number of H-pyrrole nitrogens is 1. The second-order valence-corrected chi connectivity index (χ2v) is 7.01. The standard InChI is InChI=1S/C22H17F3N4O2/c1-13-11-15(14(2)28(13)19-10-6-4-8-17(19)22(23,24)25)12-26-29-20(30)16-7-3-5-9-18(16)27-21(29)31/h3-12H,1-2H3,(H,27,31). The Kier molecular flexibility index (Phi) is 4.88. The maximum atomic E-state index is 13.5. The smallest absolute Gasteiger partial charge is 0.317 e. The summed E-state index contributed by atoms with van der Waals surface area (Å²) in [6.07, 6.45) is -3.22. The molecule has 0 saturated carbocycles. The van der Waals surface area contributed by atoms with Gasteiger partial charge in [0.2, 0.25) is 0 Å². The number of hydrogen-bond acceptors (Lipinski definition) is 3. The number of nitrogens with zero attached hydrogens (tertiary/aromatic N) is 3. The fraction of sp³-hybridized carbons (Fsp3) is 0.136. The minimum Gasteiger partial charge on any atom is -0.317 e. The van der Waals surface area contributed by atoms with Crippen molar-refractivity contribution < 1.29 is 13.2 Å². The van der Waals surface area contributed by atoms with Crippen LogP contribution in [0.25, 0.3) is 16.6 Å². The Hall–Kier alpha value is -3.88. The highest BCUT2D eigenvalue weighted by Gasteiger charge is 2.34. The highest BCUT2D eigenvalue weighted by atomic mass is 19.4. The third-order valence-corrected chi connectivity index (χ3v) is 5.02. The molecule has 158 valence electrons. The van der Waals surface area contributed by atoms with Crippen LogP contribution in [0.5, 0.6) is 0 Å². The molecule has 2 aromatic heterocycles. The summed E-state index contributed by atoms with van der Waals surface area (Å²) in [6.45, 7) is 3.32. The third kappa shape index (κ3) is 3.58. The van der Waals surface area contributed by atoms with Crippen molar-refractivity contribution in [3.8, 4) is 5.69 Å². The lowest BCUT2D eigenvalue weighted by Crippen LogP contribution is -2.32. The summed E-state index contributed by atoms with van der Waals surface area (Å²) in [5, 5.41) is 4.30. The van der Waals surface area contributed by atoms with Crippen molar-refractivity contribution in [3.63, 3.8) is 0 Å². The summed E-state index contributed by atoms with van der Waals surface area (Å²) in [7, 11) is 0. The molecule has 4 aromatic rings. The summed E-state index contributed by atoms with van der Waals surface area (Å²) < 4.78 is 42.6. The highest BCUT2D eigenvalue weighted by Crippen LogP contribution is 2.35. The number of para-hydroxylation sites is 2. The molecular formula is C22H17F3N4O2. The van der Waals surface area contributed by atoms with Gasteiger partial charge in [-0.05, 0) is 44.2 Å². The number of benzene rings is 2. The van der Waals surface area contributed by atoms with Crippen LogP contribution in [0, 0.1) is 13.8 Å². The van der Waals surface area contributed by atoms with Gasteiger partial charge in [-0.15, -0.1) is 4.68 Å². The molecule has 0 fully saturated rings. The zero-order chi connectivity index (χ0) is 22.3. The van der Waals surface area contributed by atoms with Crippen molar-refractivity contribution in [2.45, 2.75) is 20.0 Å². The number of alkyl halides is 3. The van der Waals surface area contributed by atoms with Crippen LogP contribution < -0.4 is 11.2 Å². The van der Waals surface area contributed by atoms with E-state index in [1.807, 2.05) is 0 Å². The molecule has 2 aromatic carbocycles. The predicted molar refractivity (Wildman–Crippen MR) is 112 cm³/mol. The Balaban J connectivity index is 1.82. The van der Waals surface area contributed by atoms with E-state index in [4.69, 9.17) is 0 Å². The molecule has 9 heteroatoms. The van der Waals surface area contributed by atoms with Gasteiger partial charge in [0.25, 0.3) is 5.56 Å². The van der Waals surface area contributed by atoms with Gasteiger partial charge in [0.05, 0.1) is 28.4 Å². The summed E-state index contributed by atoms with van der Waals surface area (Å²) in [5.74, 6) is 0. The van der Waals surface area contributed by atoms with E-state index in [-0.39, 0.29) is 5.69 Å². The van der Waals surface area contributed by atoms with E-state index in [0.717, 1.165) is 6.07 Å². The van der Waals surface area contributed by atoms with Crippen LogP contribution >= 0.6 is 0 Å². The Bertz CT molecular complexity index is 1440. The first-order valence-corrected chi connectivity index (χ1v) is 9.32. The first kappa shape index (κ1) is 20.4. The normalized spacial score (nSPS) is 12.2. The summed E-state index contributed by atoms with van der Waals surface area (Å²) in [5.41, 5.74) is -0.158. The Morgan fingerprint density at radius 1 is 1.00 bits per heavy atom. The number of fused-ring (bicyclic) bond motifs is 1. The molecule has 1 N–H and O–H groups in total. The molecule has 0 bridgehead atoms. The zero-order valence-corrected chi connectivity index (χ0v) is 16.6. The lowest BCUT2D eigenvalue weighted by molar-refractivity contribution is -0.137. The van der Waals surface area contributed by atoms with Crippen molar-refractivity contribution in [3.05, 3.63) is 98.0 Å². The van der Waals surface area contributed by atoms with Crippen LogP contribution in [0.2, 0.25) is 0 Å². The minimum atomic E-state index is -4.51. The highest BCUT2D eigenvalue weighted by molar-refractivity contribution is 5.82. The van der Waals surface area contributed by atoms with Gasteiger partial charge in [-0.25, -0.2) is 4.79 Å². The van der Waals surface area contributed by atoms with E-state index in [2.05, 4.69) is 10.1 Å². The number of aromatic amines is 1. The maximum absolute atomic E-state index is 13.5. The zero-order valence-electron chi connectivity index (χ0n) is 16.6. The van der Waals surface area contributed by atoms with E-state index >= 15 is 0 Å². The molecular weight excluding hydrogens is 409 g/mol.